The molecule has 0 spiro atoms. The molecule has 7 heteroatoms. The highest BCUT2D eigenvalue weighted by atomic mass is 127. The SMILES string of the molecule is COc1ccc(COCCNC(=NCc2ccccc2)NCCc2ccco2)cc1.I. The van der Waals surface area contributed by atoms with Crippen LogP contribution < -0.4 is 15.4 Å². The van der Waals surface area contributed by atoms with Crippen LogP contribution in [0.4, 0.5) is 0 Å². The molecule has 3 rings (SSSR count). The van der Waals surface area contributed by atoms with Gasteiger partial charge in [0, 0.05) is 19.5 Å². The van der Waals surface area contributed by atoms with Crippen LogP contribution in [0.3, 0.4) is 0 Å². The summed E-state index contributed by atoms with van der Waals surface area (Å²) in [5.74, 6) is 2.56. The molecule has 0 saturated heterocycles. The van der Waals surface area contributed by atoms with E-state index in [0.717, 1.165) is 36.0 Å². The molecule has 31 heavy (non-hydrogen) atoms. The summed E-state index contributed by atoms with van der Waals surface area (Å²) in [7, 11) is 1.66. The number of hydrogen-bond donors (Lipinski definition) is 2. The van der Waals surface area contributed by atoms with Gasteiger partial charge in [-0.15, -0.1) is 24.0 Å². The van der Waals surface area contributed by atoms with Crippen molar-refractivity contribution < 1.29 is 13.9 Å². The lowest BCUT2D eigenvalue weighted by atomic mass is 10.2. The molecule has 0 amide bonds. The van der Waals surface area contributed by atoms with Crippen molar-refractivity contribution in [2.75, 3.05) is 26.8 Å². The zero-order valence-corrected chi connectivity index (χ0v) is 20.1. The molecule has 0 fully saturated rings. The second-order valence-electron chi connectivity index (χ2n) is 6.73. The summed E-state index contributed by atoms with van der Waals surface area (Å²) in [4.78, 5) is 4.68. The van der Waals surface area contributed by atoms with Crippen LogP contribution in [0, 0.1) is 0 Å². The monoisotopic (exact) mass is 535 g/mol. The Labute approximate surface area is 201 Å². The highest BCUT2D eigenvalue weighted by Crippen LogP contribution is 2.11. The van der Waals surface area contributed by atoms with Crippen molar-refractivity contribution in [3.05, 3.63) is 89.9 Å². The minimum Gasteiger partial charge on any atom is -0.497 e. The number of hydrogen-bond acceptors (Lipinski definition) is 4. The Morgan fingerprint density at radius 1 is 0.903 bits per heavy atom. The summed E-state index contributed by atoms with van der Waals surface area (Å²) in [5.41, 5.74) is 2.28. The maximum absolute atomic E-state index is 5.77. The first-order valence-corrected chi connectivity index (χ1v) is 10.1. The Bertz CT molecular complexity index is 869. The number of methoxy groups -OCH3 is 1. The summed E-state index contributed by atoms with van der Waals surface area (Å²) in [6.45, 7) is 3.16. The Morgan fingerprint density at radius 2 is 1.68 bits per heavy atom. The second kappa shape index (κ2) is 14.5. The topological polar surface area (TPSA) is 68.0 Å². The number of rotatable bonds is 11. The summed E-state index contributed by atoms with van der Waals surface area (Å²) >= 11 is 0. The highest BCUT2D eigenvalue weighted by Gasteiger charge is 2.01. The molecule has 0 saturated carbocycles. The van der Waals surface area contributed by atoms with Gasteiger partial charge in [0.1, 0.15) is 11.5 Å². The van der Waals surface area contributed by atoms with Gasteiger partial charge in [-0.25, -0.2) is 4.99 Å². The molecule has 0 aliphatic carbocycles. The normalized spacial score (nSPS) is 10.9. The average molecular weight is 535 g/mol. The van der Waals surface area contributed by atoms with Gasteiger partial charge in [0.25, 0.3) is 0 Å². The van der Waals surface area contributed by atoms with Crippen LogP contribution in [0.5, 0.6) is 5.75 Å². The second-order valence-corrected chi connectivity index (χ2v) is 6.73. The van der Waals surface area contributed by atoms with E-state index in [0.29, 0.717) is 26.3 Å². The van der Waals surface area contributed by atoms with Crippen molar-refractivity contribution in [2.24, 2.45) is 4.99 Å². The van der Waals surface area contributed by atoms with Crippen molar-refractivity contribution in [1.82, 2.24) is 10.6 Å². The van der Waals surface area contributed by atoms with Crippen molar-refractivity contribution >= 4 is 29.9 Å². The van der Waals surface area contributed by atoms with Gasteiger partial charge in [0.05, 0.1) is 33.1 Å². The van der Waals surface area contributed by atoms with E-state index in [1.165, 1.54) is 5.56 Å². The Balaban J connectivity index is 0.00000341. The van der Waals surface area contributed by atoms with Gasteiger partial charge in [-0.2, -0.15) is 0 Å². The molecule has 1 aromatic heterocycles. The zero-order chi connectivity index (χ0) is 20.9. The lowest BCUT2D eigenvalue weighted by molar-refractivity contribution is 0.125. The maximum atomic E-state index is 5.77. The number of aliphatic imine (C=N–C) groups is 1. The predicted molar refractivity (Wildman–Crippen MR) is 134 cm³/mol. The van der Waals surface area contributed by atoms with Gasteiger partial charge in [0.2, 0.25) is 0 Å². The third-order valence-corrected chi connectivity index (χ3v) is 4.47. The molecule has 1 heterocycles. The minimum absolute atomic E-state index is 0. The first kappa shape index (κ1) is 24.7. The van der Waals surface area contributed by atoms with E-state index in [1.807, 2.05) is 54.6 Å². The summed E-state index contributed by atoms with van der Waals surface area (Å²) in [6.07, 6.45) is 2.49. The fraction of sp³-hybridized carbons (Fsp3) is 0.292. The van der Waals surface area contributed by atoms with Crippen molar-refractivity contribution in [2.45, 2.75) is 19.6 Å². The van der Waals surface area contributed by atoms with Crippen molar-refractivity contribution in [3.8, 4) is 5.75 Å². The number of benzene rings is 2. The van der Waals surface area contributed by atoms with E-state index in [-0.39, 0.29) is 24.0 Å². The summed E-state index contributed by atoms with van der Waals surface area (Å²) < 4.78 is 16.3. The first-order valence-electron chi connectivity index (χ1n) is 10.1. The molecule has 0 aliphatic heterocycles. The molecule has 2 aromatic carbocycles. The first-order chi connectivity index (χ1) is 14.8. The van der Waals surface area contributed by atoms with Crippen LogP contribution in [0.2, 0.25) is 0 Å². The lowest BCUT2D eigenvalue weighted by Gasteiger charge is -2.13. The smallest absolute Gasteiger partial charge is 0.191 e. The molecule has 0 radical (unpaired) electrons. The Hall–Kier alpha value is -2.52. The Kier molecular flexibility index (Phi) is 11.6. The van der Waals surface area contributed by atoms with E-state index in [1.54, 1.807) is 13.4 Å². The number of ether oxygens (including phenoxy) is 2. The maximum Gasteiger partial charge on any atom is 0.191 e. The van der Waals surface area contributed by atoms with Gasteiger partial charge in [0.15, 0.2) is 5.96 Å². The molecule has 2 N–H and O–H groups in total. The number of furan rings is 1. The van der Waals surface area contributed by atoms with E-state index >= 15 is 0 Å². The third kappa shape index (κ3) is 9.44. The standard InChI is InChI=1S/C24H29N3O3.HI/c1-28-22-11-9-21(10-12-22)19-29-17-15-26-24(25-14-13-23-8-5-16-30-23)27-18-20-6-3-2-4-7-20;/h2-12,16H,13-15,17-19H2,1H3,(H2,25,26,27);1H. The highest BCUT2D eigenvalue weighted by molar-refractivity contribution is 14.0. The Morgan fingerprint density at radius 3 is 2.39 bits per heavy atom. The van der Waals surface area contributed by atoms with Crippen LogP contribution in [-0.2, 0) is 24.3 Å². The molecular formula is C24H30IN3O3. The summed E-state index contributed by atoms with van der Waals surface area (Å²) in [6, 6.07) is 22.0. The van der Waals surface area contributed by atoms with E-state index in [4.69, 9.17) is 13.9 Å². The zero-order valence-electron chi connectivity index (χ0n) is 17.8. The van der Waals surface area contributed by atoms with Crippen LogP contribution in [0.25, 0.3) is 0 Å². The molecule has 0 bridgehead atoms. The van der Waals surface area contributed by atoms with E-state index < -0.39 is 0 Å². The van der Waals surface area contributed by atoms with Gasteiger partial charge in [-0.1, -0.05) is 42.5 Å². The van der Waals surface area contributed by atoms with Crippen molar-refractivity contribution in [1.29, 1.82) is 0 Å². The number of nitrogens with zero attached hydrogens (tertiary/aromatic N) is 1. The molecule has 166 valence electrons. The van der Waals surface area contributed by atoms with Crippen LogP contribution in [0.15, 0.2) is 82.4 Å². The molecule has 0 atom stereocenters. The molecule has 0 aliphatic rings. The quantitative estimate of drug-likeness (QED) is 0.165. The number of guanidine groups is 1. The van der Waals surface area contributed by atoms with Crippen LogP contribution in [-0.4, -0.2) is 32.8 Å². The van der Waals surface area contributed by atoms with E-state index in [9.17, 15) is 0 Å². The van der Waals surface area contributed by atoms with E-state index in [2.05, 4.69) is 27.8 Å². The lowest BCUT2D eigenvalue weighted by Crippen LogP contribution is -2.40. The number of nitrogens with one attached hydrogen (secondary N) is 2. The minimum atomic E-state index is 0. The van der Waals surface area contributed by atoms with Gasteiger partial charge >= 0.3 is 0 Å². The molecule has 0 unspecified atom stereocenters. The molecule has 6 nitrogen and oxygen atoms in total. The fourth-order valence-electron chi connectivity index (χ4n) is 2.84. The molecular weight excluding hydrogens is 505 g/mol. The van der Waals surface area contributed by atoms with Crippen molar-refractivity contribution in [3.63, 3.8) is 0 Å². The number of halogens is 1. The third-order valence-electron chi connectivity index (χ3n) is 4.47. The average Bonchev–Trinajstić information content (AvgIpc) is 3.31. The summed E-state index contributed by atoms with van der Waals surface area (Å²) in [5, 5.41) is 6.70. The molecule has 3 aromatic rings. The largest absolute Gasteiger partial charge is 0.497 e. The van der Waals surface area contributed by atoms with Gasteiger partial charge < -0.3 is 24.5 Å². The predicted octanol–water partition coefficient (Wildman–Crippen LogP) is 4.40. The van der Waals surface area contributed by atoms with Gasteiger partial charge in [-0.3, -0.25) is 0 Å². The van der Waals surface area contributed by atoms with Gasteiger partial charge in [-0.05, 0) is 35.4 Å². The van der Waals surface area contributed by atoms with Crippen LogP contribution in [0.1, 0.15) is 16.9 Å². The fourth-order valence-corrected chi connectivity index (χ4v) is 2.84. The van der Waals surface area contributed by atoms with Crippen LogP contribution >= 0.6 is 24.0 Å².